The van der Waals surface area contributed by atoms with Crippen molar-refractivity contribution in [2.24, 2.45) is 0 Å². The average Bonchev–Trinajstić information content (AvgIpc) is 2.73. The molecule has 5 heteroatoms. The van der Waals surface area contributed by atoms with Crippen molar-refractivity contribution in [2.45, 2.75) is 6.92 Å². The Morgan fingerprint density at radius 3 is 2.89 bits per heavy atom. The number of aryl methyl sites for hydroxylation is 1. The van der Waals surface area contributed by atoms with Crippen LogP contribution in [0.4, 0.5) is 5.82 Å². The maximum atomic E-state index is 9.04. The summed E-state index contributed by atoms with van der Waals surface area (Å²) in [5, 5.41) is 14.4. The molecule has 5 nitrogen and oxygen atoms in total. The highest BCUT2D eigenvalue weighted by atomic mass is 15.3. The van der Waals surface area contributed by atoms with Gasteiger partial charge in [0.2, 0.25) is 0 Å². The Hall–Kier alpha value is -2.87. The third-order valence-corrected chi connectivity index (χ3v) is 3.04. The third kappa shape index (κ3) is 1.70. The van der Waals surface area contributed by atoms with Crippen LogP contribution in [-0.4, -0.2) is 14.8 Å². The molecule has 2 heterocycles. The monoisotopic (exact) mass is 249 g/mol. The first-order valence-corrected chi connectivity index (χ1v) is 5.81. The highest BCUT2D eigenvalue weighted by Crippen LogP contribution is 2.22. The van der Waals surface area contributed by atoms with Gasteiger partial charge in [-0.05, 0) is 31.2 Å². The second kappa shape index (κ2) is 4.10. The Kier molecular flexibility index (Phi) is 2.43. The molecule has 2 N–H and O–H groups in total. The van der Waals surface area contributed by atoms with E-state index in [-0.39, 0.29) is 0 Å². The van der Waals surface area contributed by atoms with Gasteiger partial charge < -0.3 is 5.73 Å². The maximum Gasteiger partial charge on any atom is 0.145 e. The topological polar surface area (TPSA) is 80.5 Å². The van der Waals surface area contributed by atoms with E-state index in [1.165, 1.54) is 0 Å². The Bertz CT molecular complexity index is 810. The average molecular weight is 249 g/mol. The van der Waals surface area contributed by atoms with Crippen LogP contribution in [0, 0.1) is 18.3 Å². The van der Waals surface area contributed by atoms with Crippen LogP contribution in [0.5, 0.6) is 0 Å². The second-order valence-corrected chi connectivity index (χ2v) is 4.25. The summed E-state index contributed by atoms with van der Waals surface area (Å²) in [6, 6.07) is 11.7. The Morgan fingerprint density at radius 1 is 1.32 bits per heavy atom. The summed E-state index contributed by atoms with van der Waals surface area (Å²) in [6.45, 7) is 1.77. The van der Waals surface area contributed by atoms with Crippen molar-refractivity contribution in [3.8, 4) is 11.8 Å². The van der Waals surface area contributed by atoms with Gasteiger partial charge >= 0.3 is 0 Å². The Morgan fingerprint density at radius 2 is 2.16 bits per heavy atom. The molecule has 92 valence electrons. The minimum Gasteiger partial charge on any atom is -0.382 e. The molecular formula is C14H11N5. The molecule has 0 bridgehead atoms. The fraction of sp³-hybridized carbons (Fsp3) is 0.0714. The number of fused-ring (bicyclic) bond motifs is 1. The van der Waals surface area contributed by atoms with E-state index >= 15 is 0 Å². The maximum absolute atomic E-state index is 9.04. The lowest BCUT2D eigenvalue weighted by molar-refractivity contribution is 0.873. The molecule has 0 saturated heterocycles. The zero-order valence-corrected chi connectivity index (χ0v) is 10.3. The van der Waals surface area contributed by atoms with Gasteiger partial charge in [-0.15, -0.1) is 0 Å². The summed E-state index contributed by atoms with van der Waals surface area (Å²) in [7, 11) is 0. The lowest BCUT2D eigenvalue weighted by Crippen LogP contribution is -2.02. The molecule has 0 aliphatic carbocycles. The normalized spacial score (nSPS) is 10.5. The van der Waals surface area contributed by atoms with E-state index in [9.17, 15) is 0 Å². The van der Waals surface area contributed by atoms with Crippen molar-refractivity contribution < 1.29 is 0 Å². The van der Waals surface area contributed by atoms with Crippen LogP contribution in [0.25, 0.3) is 16.6 Å². The highest BCUT2D eigenvalue weighted by molar-refractivity contribution is 5.80. The number of benzene rings is 1. The SMILES string of the molecule is Cc1nn(-c2ccc3ncccc3c2)c(N)c1C#N. The summed E-state index contributed by atoms with van der Waals surface area (Å²) >= 11 is 0. The van der Waals surface area contributed by atoms with Gasteiger partial charge in [0.15, 0.2) is 0 Å². The second-order valence-electron chi connectivity index (χ2n) is 4.25. The molecule has 0 aliphatic rings. The molecule has 3 rings (SSSR count). The molecule has 2 aromatic heterocycles. The predicted molar refractivity (Wildman–Crippen MR) is 72.7 cm³/mol. The first-order chi connectivity index (χ1) is 9.20. The minimum atomic E-state index is 0.364. The quantitative estimate of drug-likeness (QED) is 0.716. The highest BCUT2D eigenvalue weighted by Gasteiger charge is 2.13. The fourth-order valence-electron chi connectivity index (χ4n) is 2.07. The van der Waals surface area contributed by atoms with E-state index in [1.54, 1.807) is 17.8 Å². The summed E-state index contributed by atoms with van der Waals surface area (Å²) in [5.74, 6) is 0.364. The largest absolute Gasteiger partial charge is 0.382 e. The van der Waals surface area contributed by atoms with Crippen molar-refractivity contribution in [3.05, 3.63) is 47.8 Å². The summed E-state index contributed by atoms with van der Waals surface area (Å²) in [4.78, 5) is 4.26. The van der Waals surface area contributed by atoms with Crippen molar-refractivity contribution in [1.29, 1.82) is 5.26 Å². The number of anilines is 1. The molecular weight excluding hydrogens is 238 g/mol. The number of aromatic nitrogens is 3. The summed E-state index contributed by atoms with van der Waals surface area (Å²) in [5.41, 5.74) is 8.74. The molecule has 3 aromatic rings. The molecule has 0 unspecified atom stereocenters. The van der Waals surface area contributed by atoms with Gasteiger partial charge in [-0.3, -0.25) is 4.98 Å². The predicted octanol–water partition coefficient (Wildman–Crippen LogP) is 2.18. The van der Waals surface area contributed by atoms with Crippen molar-refractivity contribution in [1.82, 2.24) is 14.8 Å². The summed E-state index contributed by atoms with van der Waals surface area (Å²) < 4.78 is 1.58. The number of nitriles is 1. The van der Waals surface area contributed by atoms with E-state index in [2.05, 4.69) is 16.2 Å². The van der Waals surface area contributed by atoms with E-state index in [1.807, 2.05) is 30.3 Å². The van der Waals surface area contributed by atoms with Crippen molar-refractivity contribution in [2.75, 3.05) is 5.73 Å². The fourth-order valence-corrected chi connectivity index (χ4v) is 2.07. The first-order valence-electron chi connectivity index (χ1n) is 5.81. The number of nitrogen functional groups attached to an aromatic ring is 1. The Labute approximate surface area is 109 Å². The van der Waals surface area contributed by atoms with E-state index < -0.39 is 0 Å². The minimum absolute atomic E-state index is 0.364. The number of nitrogens with zero attached hydrogens (tertiary/aromatic N) is 4. The molecule has 0 amide bonds. The molecule has 0 fully saturated rings. The van der Waals surface area contributed by atoms with E-state index in [4.69, 9.17) is 11.0 Å². The number of nitrogens with two attached hydrogens (primary N) is 1. The smallest absolute Gasteiger partial charge is 0.145 e. The van der Waals surface area contributed by atoms with Crippen LogP contribution in [0.3, 0.4) is 0 Å². The van der Waals surface area contributed by atoms with Crippen LogP contribution in [-0.2, 0) is 0 Å². The number of pyridine rings is 1. The van der Waals surface area contributed by atoms with E-state index in [0.717, 1.165) is 16.6 Å². The standard InChI is InChI=1S/C14H11N5/c1-9-12(8-15)14(16)19(18-9)11-4-5-13-10(7-11)3-2-6-17-13/h2-7H,16H2,1H3. The molecule has 0 saturated carbocycles. The van der Waals surface area contributed by atoms with Crippen LogP contribution in [0.15, 0.2) is 36.5 Å². The zero-order valence-electron chi connectivity index (χ0n) is 10.3. The molecule has 19 heavy (non-hydrogen) atoms. The molecule has 0 aliphatic heterocycles. The lowest BCUT2D eigenvalue weighted by atomic mass is 10.2. The molecule has 0 atom stereocenters. The van der Waals surface area contributed by atoms with Crippen LogP contribution < -0.4 is 5.73 Å². The third-order valence-electron chi connectivity index (χ3n) is 3.04. The zero-order chi connectivity index (χ0) is 13.4. The van der Waals surface area contributed by atoms with Gasteiger partial charge in [0.1, 0.15) is 17.5 Å². The van der Waals surface area contributed by atoms with Gasteiger partial charge in [0, 0.05) is 11.6 Å². The van der Waals surface area contributed by atoms with Crippen LogP contribution >= 0.6 is 0 Å². The van der Waals surface area contributed by atoms with Gasteiger partial charge in [-0.1, -0.05) is 6.07 Å². The van der Waals surface area contributed by atoms with Gasteiger partial charge in [-0.25, -0.2) is 4.68 Å². The lowest BCUT2D eigenvalue weighted by Gasteiger charge is -2.05. The van der Waals surface area contributed by atoms with Crippen LogP contribution in [0.2, 0.25) is 0 Å². The molecule has 0 radical (unpaired) electrons. The van der Waals surface area contributed by atoms with Crippen LogP contribution in [0.1, 0.15) is 11.3 Å². The van der Waals surface area contributed by atoms with E-state index in [0.29, 0.717) is 17.1 Å². The van der Waals surface area contributed by atoms with Gasteiger partial charge in [-0.2, -0.15) is 10.4 Å². The molecule has 1 aromatic carbocycles. The Balaban J connectivity index is 2.22. The number of hydrogen-bond acceptors (Lipinski definition) is 4. The van der Waals surface area contributed by atoms with Crippen molar-refractivity contribution >= 4 is 16.7 Å². The van der Waals surface area contributed by atoms with Crippen molar-refractivity contribution in [3.63, 3.8) is 0 Å². The number of rotatable bonds is 1. The van der Waals surface area contributed by atoms with Gasteiger partial charge in [0.05, 0.1) is 16.9 Å². The number of hydrogen-bond donors (Lipinski definition) is 1. The molecule has 0 spiro atoms. The van der Waals surface area contributed by atoms with Gasteiger partial charge in [0.25, 0.3) is 0 Å². The summed E-state index contributed by atoms with van der Waals surface area (Å²) in [6.07, 6.45) is 1.75. The first kappa shape index (κ1) is 11.2.